The molecule has 60 valence electrons. The third-order valence-electron chi connectivity index (χ3n) is 1.20. The molecule has 1 heterocycles. The molecule has 11 heavy (non-hydrogen) atoms. The predicted octanol–water partition coefficient (Wildman–Crippen LogP) is 1.58. The van der Waals surface area contributed by atoms with Gasteiger partial charge in [-0.25, -0.2) is 0 Å². The Labute approximate surface area is 70.7 Å². The summed E-state index contributed by atoms with van der Waals surface area (Å²) in [6, 6.07) is 1.90. The number of aryl methyl sites for hydroxylation is 1. The first-order chi connectivity index (χ1) is 5.33. The summed E-state index contributed by atoms with van der Waals surface area (Å²) in [4.78, 5) is 0. The molecule has 3 nitrogen and oxygen atoms in total. The number of hydrogen-bond acceptors (Lipinski definition) is 2. The number of hydrogen-bond donors (Lipinski definition) is 1. The number of aromatic nitrogens is 2. The van der Waals surface area contributed by atoms with E-state index in [1.54, 1.807) is 4.68 Å². The fourth-order valence-electron chi connectivity index (χ4n) is 0.717. The third-order valence-corrected chi connectivity index (χ3v) is 1.38. The fourth-order valence-corrected chi connectivity index (χ4v) is 0.806. The number of nitrogens with zero attached hydrogens (tertiary/aromatic N) is 2. The third kappa shape index (κ3) is 2.63. The standard InChI is InChI=1S/C7H10ClN3/c1-11-6-3-7(10-11)9-5-2-4-8/h2-4,6H,5H2,1H3,(H,9,10)/b4-2+. The SMILES string of the molecule is Cn1ccc(NC/C=C/Cl)n1. The Kier molecular flexibility index (Phi) is 2.98. The normalized spacial score (nSPS) is 10.7. The highest BCUT2D eigenvalue weighted by Gasteiger charge is 1.90. The van der Waals surface area contributed by atoms with Gasteiger partial charge < -0.3 is 5.32 Å². The summed E-state index contributed by atoms with van der Waals surface area (Å²) in [5, 5.41) is 7.17. The van der Waals surface area contributed by atoms with E-state index in [0.717, 1.165) is 5.82 Å². The van der Waals surface area contributed by atoms with E-state index in [4.69, 9.17) is 11.6 Å². The van der Waals surface area contributed by atoms with Crippen molar-refractivity contribution in [1.82, 2.24) is 9.78 Å². The molecule has 0 unspecified atom stereocenters. The van der Waals surface area contributed by atoms with Crippen molar-refractivity contribution < 1.29 is 0 Å². The van der Waals surface area contributed by atoms with Crippen LogP contribution in [0.15, 0.2) is 23.9 Å². The molecule has 0 saturated heterocycles. The van der Waals surface area contributed by atoms with Crippen molar-refractivity contribution in [2.24, 2.45) is 7.05 Å². The zero-order valence-corrected chi connectivity index (χ0v) is 7.04. The number of nitrogens with one attached hydrogen (secondary N) is 1. The molecule has 0 saturated carbocycles. The van der Waals surface area contributed by atoms with Crippen LogP contribution in [0, 0.1) is 0 Å². The van der Waals surface area contributed by atoms with Crippen LogP contribution in [-0.2, 0) is 7.05 Å². The van der Waals surface area contributed by atoms with E-state index in [0.29, 0.717) is 6.54 Å². The van der Waals surface area contributed by atoms with E-state index in [9.17, 15) is 0 Å². The summed E-state index contributed by atoms with van der Waals surface area (Å²) < 4.78 is 1.74. The molecule has 0 aliphatic heterocycles. The quantitative estimate of drug-likeness (QED) is 0.749. The highest BCUT2D eigenvalue weighted by atomic mass is 35.5. The van der Waals surface area contributed by atoms with Crippen LogP contribution in [0.5, 0.6) is 0 Å². The lowest BCUT2D eigenvalue weighted by atomic mass is 10.5. The van der Waals surface area contributed by atoms with E-state index >= 15 is 0 Å². The summed E-state index contributed by atoms with van der Waals surface area (Å²) in [7, 11) is 1.88. The molecule has 1 aromatic rings. The summed E-state index contributed by atoms with van der Waals surface area (Å²) in [6.45, 7) is 0.709. The van der Waals surface area contributed by atoms with Crippen molar-refractivity contribution in [3.8, 4) is 0 Å². The summed E-state index contributed by atoms with van der Waals surface area (Å²) >= 11 is 5.33. The molecule has 0 spiro atoms. The smallest absolute Gasteiger partial charge is 0.148 e. The van der Waals surface area contributed by atoms with Gasteiger partial charge in [0.1, 0.15) is 5.82 Å². The molecule has 0 aliphatic carbocycles. The van der Waals surface area contributed by atoms with E-state index in [-0.39, 0.29) is 0 Å². The van der Waals surface area contributed by atoms with Crippen LogP contribution in [0.2, 0.25) is 0 Å². The molecule has 1 N–H and O–H groups in total. The van der Waals surface area contributed by atoms with Gasteiger partial charge in [0.05, 0.1) is 0 Å². The Balaban J connectivity index is 2.38. The highest BCUT2D eigenvalue weighted by molar-refractivity contribution is 6.25. The molecular formula is C7H10ClN3. The molecular weight excluding hydrogens is 162 g/mol. The Morgan fingerprint density at radius 1 is 1.82 bits per heavy atom. The van der Waals surface area contributed by atoms with Gasteiger partial charge in [0.2, 0.25) is 0 Å². The summed E-state index contributed by atoms with van der Waals surface area (Å²) in [6.07, 6.45) is 3.70. The minimum absolute atomic E-state index is 0.709. The van der Waals surface area contributed by atoms with Crippen molar-refractivity contribution >= 4 is 17.4 Å². The lowest BCUT2D eigenvalue weighted by molar-refractivity contribution is 0.769. The van der Waals surface area contributed by atoms with Gasteiger partial charge in [-0.15, -0.1) is 0 Å². The molecule has 0 aromatic carbocycles. The van der Waals surface area contributed by atoms with Gasteiger partial charge in [0.25, 0.3) is 0 Å². The van der Waals surface area contributed by atoms with Crippen LogP contribution < -0.4 is 5.32 Å². The fraction of sp³-hybridized carbons (Fsp3) is 0.286. The van der Waals surface area contributed by atoms with Gasteiger partial charge in [0.15, 0.2) is 0 Å². The molecule has 4 heteroatoms. The van der Waals surface area contributed by atoms with Crippen LogP contribution in [0.3, 0.4) is 0 Å². The van der Waals surface area contributed by atoms with E-state index in [1.807, 2.05) is 25.4 Å². The first-order valence-electron chi connectivity index (χ1n) is 3.31. The molecule has 1 aromatic heterocycles. The molecule has 0 radical (unpaired) electrons. The average Bonchev–Trinajstić information content (AvgIpc) is 2.37. The second kappa shape index (κ2) is 4.03. The molecule has 1 rings (SSSR count). The van der Waals surface area contributed by atoms with Gasteiger partial charge >= 0.3 is 0 Å². The van der Waals surface area contributed by atoms with E-state index in [1.165, 1.54) is 5.54 Å². The van der Waals surface area contributed by atoms with Crippen molar-refractivity contribution in [2.75, 3.05) is 11.9 Å². The Hall–Kier alpha value is -0.960. The number of rotatable bonds is 3. The average molecular weight is 172 g/mol. The first-order valence-corrected chi connectivity index (χ1v) is 3.75. The molecule has 0 bridgehead atoms. The maximum absolute atomic E-state index is 5.33. The Morgan fingerprint density at radius 3 is 3.18 bits per heavy atom. The molecule has 0 fully saturated rings. The van der Waals surface area contributed by atoms with Crippen LogP contribution in [0.1, 0.15) is 0 Å². The minimum Gasteiger partial charge on any atom is -0.365 e. The van der Waals surface area contributed by atoms with Crippen LogP contribution in [-0.4, -0.2) is 16.3 Å². The molecule has 0 atom stereocenters. The molecule has 0 amide bonds. The maximum Gasteiger partial charge on any atom is 0.148 e. The lowest BCUT2D eigenvalue weighted by Gasteiger charge is -1.95. The highest BCUT2D eigenvalue weighted by Crippen LogP contribution is 1.99. The van der Waals surface area contributed by atoms with E-state index in [2.05, 4.69) is 10.4 Å². The van der Waals surface area contributed by atoms with Gasteiger partial charge in [-0.05, 0) is 0 Å². The van der Waals surface area contributed by atoms with Crippen molar-refractivity contribution in [1.29, 1.82) is 0 Å². The monoisotopic (exact) mass is 171 g/mol. The zero-order chi connectivity index (χ0) is 8.10. The number of halogens is 1. The maximum atomic E-state index is 5.33. The minimum atomic E-state index is 0.709. The van der Waals surface area contributed by atoms with E-state index < -0.39 is 0 Å². The zero-order valence-electron chi connectivity index (χ0n) is 6.29. The largest absolute Gasteiger partial charge is 0.365 e. The number of anilines is 1. The predicted molar refractivity (Wildman–Crippen MR) is 46.7 cm³/mol. The Morgan fingerprint density at radius 2 is 2.64 bits per heavy atom. The Bertz CT molecular complexity index is 242. The van der Waals surface area contributed by atoms with Gasteiger partial charge in [-0.1, -0.05) is 17.7 Å². The summed E-state index contributed by atoms with van der Waals surface area (Å²) in [5.41, 5.74) is 1.48. The van der Waals surface area contributed by atoms with Crippen molar-refractivity contribution in [3.05, 3.63) is 23.9 Å². The van der Waals surface area contributed by atoms with Crippen LogP contribution >= 0.6 is 11.6 Å². The van der Waals surface area contributed by atoms with Gasteiger partial charge in [-0.3, -0.25) is 4.68 Å². The first kappa shape index (κ1) is 8.14. The second-order valence-electron chi connectivity index (χ2n) is 2.12. The van der Waals surface area contributed by atoms with Crippen LogP contribution in [0.25, 0.3) is 0 Å². The van der Waals surface area contributed by atoms with Crippen LogP contribution in [0.4, 0.5) is 5.82 Å². The topological polar surface area (TPSA) is 29.9 Å². The van der Waals surface area contributed by atoms with Crippen molar-refractivity contribution in [2.45, 2.75) is 0 Å². The van der Waals surface area contributed by atoms with Gasteiger partial charge in [-0.2, -0.15) is 5.10 Å². The molecule has 0 aliphatic rings. The summed E-state index contributed by atoms with van der Waals surface area (Å²) in [5.74, 6) is 0.863. The lowest BCUT2D eigenvalue weighted by Crippen LogP contribution is -1.99. The van der Waals surface area contributed by atoms with Gasteiger partial charge in [0, 0.05) is 31.4 Å². The van der Waals surface area contributed by atoms with Crippen molar-refractivity contribution in [3.63, 3.8) is 0 Å². The second-order valence-corrected chi connectivity index (χ2v) is 2.37.